The molecule has 0 spiro atoms. The fraction of sp³-hybridized carbons (Fsp3) is 0.324. The maximum atomic E-state index is 12.7. The number of ether oxygens (including phenoxy) is 4. The Morgan fingerprint density at radius 3 is 2.07 bits per heavy atom. The van der Waals surface area contributed by atoms with Crippen LogP contribution in [0.2, 0.25) is 5.02 Å². The minimum absolute atomic E-state index is 0.108. The second-order valence-corrected chi connectivity index (χ2v) is 10.1. The monoisotopic (exact) mass is 592 g/mol. The highest BCUT2D eigenvalue weighted by atomic mass is 35.5. The Morgan fingerprint density at radius 1 is 0.738 bits per heavy atom. The topological polar surface area (TPSA) is 88.1 Å². The highest BCUT2D eigenvalue weighted by Gasteiger charge is 2.16. The number of hydrogen-bond donors (Lipinski definition) is 0. The van der Waals surface area contributed by atoms with Crippen molar-refractivity contribution in [3.63, 3.8) is 0 Å². The molecule has 0 bridgehead atoms. The molecule has 7 nitrogen and oxygen atoms in total. The van der Waals surface area contributed by atoms with Gasteiger partial charge in [-0.1, -0.05) is 62.9 Å². The maximum Gasteiger partial charge on any atom is 0.345 e. The Balaban J connectivity index is 1.45. The molecule has 0 aromatic heterocycles. The minimum Gasteiger partial charge on any atom is -0.494 e. The summed E-state index contributed by atoms with van der Waals surface area (Å²) in [4.78, 5) is 36.3. The van der Waals surface area contributed by atoms with Gasteiger partial charge in [0.25, 0.3) is 0 Å². The van der Waals surface area contributed by atoms with Gasteiger partial charge in [0.15, 0.2) is 0 Å². The molecule has 0 unspecified atom stereocenters. The van der Waals surface area contributed by atoms with E-state index in [-0.39, 0.29) is 16.3 Å². The van der Waals surface area contributed by atoms with Crippen LogP contribution in [0, 0.1) is 0 Å². The maximum absolute atomic E-state index is 12.7. The zero-order chi connectivity index (χ0) is 30.2. The number of halogens is 1. The number of benzene rings is 3. The molecule has 0 fully saturated rings. The van der Waals surface area contributed by atoms with Crippen LogP contribution in [-0.4, -0.2) is 31.1 Å². The Hall–Kier alpha value is -4.10. The average molecular weight is 593 g/mol. The number of carbonyl (C=O) groups excluding carboxylic acids is 3. The summed E-state index contributed by atoms with van der Waals surface area (Å²) < 4.78 is 21.5. The van der Waals surface area contributed by atoms with E-state index in [1.807, 2.05) is 12.1 Å². The lowest BCUT2D eigenvalue weighted by Gasteiger charge is -2.10. The Morgan fingerprint density at radius 2 is 1.38 bits per heavy atom. The number of carbonyl (C=O) groups is 3. The summed E-state index contributed by atoms with van der Waals surface area (Å²) in [6.07, 6.45) is 9.60. The van der Waals surface area contributed by atoms with Crippen molar-refractivity contribution >= 4 is 29.5 Å². The third-order valence-electron chi connectivity index (χ3n) is 6.38. The normalized spacial score (nSPS) is 10.5. The van der Waals surface area contributed by atoms with E-state index >= 15 is 0 Å². The van der Waals surface area contributed by atoms with Gasteiger partial charge in [0, 0.05) is 12.1 Å². The Bertz CT molecular complexity index is 1320. The molecule has 0 aliphatic heterocycles. The molecule has 0 amide bonds. The number of aryl methyl sites for hydroxylation is 1. The first-order chi connectivity index (χ1) is 20.4. The van der Waals surface area contributed by atoms with Crippen molar-refractivity contribution in [2.75, 3.05) is 13.2 Å². The van der Waals surface area contributed by atoms with E-state index in [1.54, 1.807) is 36.4 Å². The number of unbranched alkanes of at least 4 members (excludes halogenated alkanes) is 5. The fourth-order valence-electron chi connectivity index (χ4n) is 4.02. The van der Waals surface area contributed by atoms with Gasteiger partial charge in [-0.2, -0.15) is 0 Å². The molecule has 0 heterocycles. The van der Waals surface area contributed by atoms with Gasteiger partial charge in [0.05, 0.1) is 29.4 Å². The fourth-order valence-corrected chi connectivity index (χ4v) is 4.27. The van der Waals surface area contributed by atoms with Crippen molar-refractivity contribution < 1.29 is 33.3 Å². The zero-order valence-electron chi connectivity index (χ0n) is 23.9. The first kappa shape index (κ1) is 32.4. The van der Waals surface area contributed by atoms with Crippen molar-refractivity contribution in [3.8, 4) is 17.2 Å². The lowest BCUT2D eigenvalue weighted by atomic mass is 10.1. The Kier molecular flexibility index (Phi) is 13.6. The predicted molar refractivity (Wildman–Crippen MR) is 163 cm³/mol. The molecular formula is C34H37ClO7. The third kappa shape index (κ3) is 11.1. The van der Waals surface area contributed by atoms with Crippen LogP contribution < -0.4 is 14.2 Å². The molecule has 0 aliphatic rings. The third-order valence-corrected chi connectivity index (χ3v) is 6.70. The van der Waals surface area contributed by atoms with E-state index in [2.05, 4.69) is 13.5 Å². The summed E-state index contributed by atoms with van der Waals surface area (Å²) >= 11 is 6.32. The molecule has 0 atom stereocenters. The largest absolute Gasteiger partial charge is 0.494 e. The van der Waals surface area contributed by atoms with Gasteiger partial charge < -0.3 is 18.9 Å². The summed E-state index contributed by atoms with van der Waals surface area (Å²) in [7, 11) is 0. The summed E-state index contributed by atoms with van der Waals surface area (Å²) in [6, 6.07) is 18.4. The highest BCUT2D eigenvalue weighted by molar-refractivity contribution is 6.33. The van der Waals surface area contributed by atoms with E-state index in [4.69, 9.17) is 30.5 Å². The molecule has 0 N–H and O–H groups in total. The van der Waals surface area contributed by atoms with Crippen molar-refractivity contribution in [2.45, 2.75) is 58.3 Å². The van der Waals surface area contributed by atoms with E-state index in [0.29, 0.717) is 43.1 Å². The van der Waals surface area contributed by atoms with E-state index in [0.717, 1.165) is 18.9 Å². The van der Waals surface area contributed by atoms with Gasteiger partial charge in [-0.05, 0) is 79.8 Å². The van der Waals surface area contributed by atoms with Crippen LogP contribution in [0.1, 0.15) is 78.1 Å². The first-order valence-electron chi connectivity index (χ1n) is 14.2. The first-order valence-corrected chi connectivity index (χ1v) is 14.6. The van der Waals surface area contributed by atoms with E-state index in [9.17, 15) is 14.4 Å². The van der Waals surface area contributed by atoms with Crippen LogP contribution in [0.3, 0.4) is 0 Å². The van der Waals surface area contributed by atoms with Gasteiger partial charge in [-0.3, -0.25) is 0 Å². The standard InChI is InChI=1S/C34H37ClO7/c1-3-5-6-7-8-11-25-12-16-28(17-13-25)41-34(38)30-21-20-29(24-31(30)35)42-33(37)26-14-18-27(19-15-26)39-22-9-10-23-40-32(36)4-2/h4,12-21,24H,2-3,5-11,22-23H2,1H3. The van der Waals surface area contributed by atoms with Crippen LogP contribution in [-0.2, 0) is 16.0 Å². The molecule has 3 aromatic rings. The summed E-state index contributed by atoms with van der Waals surface area (Å²) in [5.74, 6) is -0.400. The molecule has 0 radical (unpaired) electrons. The second kappa shape index (κ2) is 17.7. The second-order valence-electron chi connectivity index (χ2n) is 9.68. The molecule has 42 heavy (non-hydrogen) atoms. The van der Waals surface area contributed by atoms with Crippen molar-refractivity contribution in [1.29, 1.82) is 0 Å². The number of esters is 3. The van der Waals surface area contributed by atoms with Gasteiger partial charge in [0.1, 0.15) is 17.2 Å². The highest BCUT2D eigenvalue weighted by Crippen LogP contribution is 2.25. The average Bonchev–Trinajstić information content (AvgIpc) is 2.99. The lowest BCUT2D eigenvalue weighted by molar-refractivity contribution is -0.137. The minimum atomic E-state index is -0.599. The molecule has 8 heteroatoms. The number of hydrogen-bond acceptors (Lipinski definition) is 7. The Labute approximate surface area is 252 Å². The smallest absolute Gasteiger partial charge is 0.345 e. The van der Waals surface area contributed by atoms with Crippen LogP contribution in [0.5, 0.6) is 17.2 Å². The van der Waals surface area contributed by atoms with E-state index < -0.39 is 17.9 Å². The number of rotatable bonds is 17. The van der Waals surface area contributed by atoms with Crippen molar-refractivity contribution in [3.05, 3.63) is 101 Å². The van der Waals surface area contributed by atoms with Crippen molar-refractivity contribution in [1.82, 2.24) is 0 Å². The molecule has 0 saturated carbocycles. The molecule has 0 saturated heterocycles. The van der Waals surface area contributed by atoms with Crippen LogP contribution in [0.4, 0.5) is 0 Å². The molecule has 0 aliphatic carbocycles. The van der Waals surface area contributed by atoms with Gasteiger partial charge >= 0.3 is 17.9 Å². The molecule has 3 rings (SSSR count). The van der Waals surface area contributed by atoms with Gasteiger partial charge in [-0.25, -0.2) is 14.4 Å². The molecular weight excluding hydrogens is 556 g/mol. The zero-order valence-corrected chi connectivity index (χ0v) is 24.7. The lowest BCUT2D eigenvalue weighted by Crippen LogP contribution is -2.11. The SMILES string of the molecule is C=CC(=O)OCCCCOc1ccc(C(=O)Oc2ccc(C(=O)Oc3ccc(CCCCCCC)cc3)c(Cl)c2)cc1. The van der Waals surface area contributed by atoms with Gasteiger partial charge in [-0.15, -0.1) is 0 Å². The van der Waals surface area contributed by atoms with Crippen LogP contribution in [0.15, 0.2) is 79.4 Å². The quantitative estimate of drug-likeness (QED) is 0.0675. The predicted octanol–water partition coefficient (Wildman–Crippen LogP) is 8.18. The van der Waals surface area contributed by atoms with Crippen molar-refractivity contribution in [2.24, 2.45) is 0 Å². The summed E-state index contributed by atoms with van der Waals surface area (Å²) in [5.41, 5.74) is 1.69. The van der Waals surface area contributed by atoms with Crippen LogP contribution >= 0.6 is 11.6 Å². The summed E-state index contributed by atoms with van der Waals surface area (Å²) in [6.45, 7) is 6.29. The summed E-state index contributed by atoms with van der Waals surface area (Å²) in [5, 5.41) is 0.108. The van der Waals surface area contributed by atoms with E-state index in [1.165, 1.54) is 49.4 Å². The van der Waals surface area contributed by atoms with Crippen LogP contribution in [0.25, 0.3) is 0 Å². The molecule has 3 aromatic carbocycles. The molecule has 222 valence electrons. The van der Waals surface area contributed by atoms with Gasteiger partial charge in [0.2, 0.25) is 0 Å².